The van der Waals surface area contributed by atoms with E-state index in [4.69, 9.17) is 0 Å². The molecule has 2 rings (SSSR count). The van der Waals surface area contributed by atoms with Gasteiger partial charge in [-0.15, -0.1) is 11.8 Å². The Bertz CT molecular complexity index is 672. The molecule has 0 radical (unpaired) electrons. The van der Waals surface area contributed by atoms with Gasteiger partial charge in [0.2, 0.25) is 5.91 Å². The summed E-state index contributed by atoms with van der Waals surface area (Å²) in [5.74, 6) is 0.498. The van der Waals surface area contributed by atoms with Gasteiger partial charge in [-0.25, -0.2) is 0 Å². The van der Waals surface area contributed by atoms with Gasteiger partial charge in [-0.2, -0.15) is 0 Å². The smallest absolute Gasteiger partial charge is 0.234 e. The van der Waals surface area contributed by atoms with Crippen LogP contribution in [-0.4, -0.2) is 11.7 Å². The number of para-hydroxylation sites is 1. The van der Waals surface area contributed by atoms with Crippen molar-refractivity contribution in [2.45, 2.75) is 45.4 Å². The molecular weight excluding hydrogens is 302 g/mol. The van der Waals surface area contributed by atoms with Gasteiger partial charge in [0.15, 0.2) is 0 Å². The van der Waals surface area contributed by atoms with Gasteiger partial charge < -0.3 is 5.32 Å². The first-order chi connectivity index (χ1) is 11.0. The predicted octanol–water partition coefficient (Wildman–Crippen LogP) is 5.16. The SMILES string of the molecule is CCc1cccc(CC)c1NC(=O)CSc1cc(C)ccc1C. The Hall–Kier alpha value is -1.74. The highest BCUT2D eigenvalue weighted by molar-refractivity contribution is 8.00. The Morgan fingerprint density at radius 1 is 1.04 bits per heavy atom. The Morgan fingerprint density at radius 3 is 2.30 bits per heavy atom. The maximum atomic E-state index is 12.4. The number of hydrogen-bond donors (Lipinski definition) is 1. The summed E-state index contributed by atoms with van der Waals surface area (Å²) in [5.41, 5.74) is 5.85. The lowest BCUT2D eigenvalue weighted by Gasteiger charge is -2.14. The standard InChI is InChI=1S/C20H25NOS/c1-5-16-8-7-9-17(6-2)20(16)21-19(22)13-23-18-12-14(3)10-11-15(18)4/h7-12H,5-6,13H2,1-4H3,(H,21,22). The van der Waals surface area contributed by atoms with Crippen LogP contribution in [0.1, 0.15) is 36.1 Å². The van der Waals surface area contributed by atoms with Crippen LogP contribution in [0.3, 0.4) is 0 Å². The second-order valence-corrected chi connectivity index (χ2v) is 6.78. The summed E-state index contributed by atoms with van der Waals surface area (Å²) in [7, 11) is 0. The van der Waals surface area contributed by atoms with Crippen molar-refractivity contribution in [3.05, 3.63) is 58.7 Å². The molecule has 0 aliphatic heterocycles. The first-order valence-electron chi connectivity index (χ1n) is 8.15. The van der Waals surface area contributed by atoms with E-state index in [9.17, 15) is 4.79 Å². The van der Waals surface area contributed by atoms with Crippen LogP contribution in [0.15, 0.2) is 41.3 Å². The van der Waals surface area contributed by atoms with Crippen molar-refractivity contribution in [1.82, 2.24) is 0 Å². The Morgan fingerprint density at radius 2 is 1.70 bits per heavy atom. The number of carbonyl (C=O) groups is 1. The van der Waals surface area contributed by atoms with Crippen molar-refractivity contribution in [2.75, 3.05) is 11.1 Å². The van der Waals surface area contributed by atoms with Crippen LogP contribution in [0.25, 0.3) is 0 Å². The summed E-state index contributed by atoms with van der Waals surface area (Å²) in [6.45, 7) is 8.40. The van der Waals surface area contributed by atoms with E-state index < -0.39 is 0 Å². The molecule has 23 heavy (non-hydrogen) atoms. The van der Waals surface area contributed by atoms with Gasteiger partial charge in [-0.1, -0.05) is 49.7 Å². The molecule has 0 aromatic heterocycles. The van der Waals surface area contributed by atoms with Crippen LogP contribution in [-0.2, 0) is 17.6 Å². The minimum Gasteiger partial charge on any atom is -0.325 e. The molecule has 0 spiro atoms. The Kier molecular flexibility index (Phi) is 6.28. The molecule has 0 saturated heterocycles. The van der Waals surface area contributed by atoms with E-state index in [2.05, 4.69) is 69.4 Å². The number of benzene rings is 2. The highest BCUT2D eigenvalue weighted by Crippen LogP contribution is 2.26. The fourth-order valence-electron chi connectivity index (χ4n) is 2.58. The number of thioether (sulfide) groups is 1. The van der Waals surface area contributed by atoms with Gasteiger partial charge in [0.25, 0.3) is 0 Å². The fourth-order valence-corrected chi connectivity index (χ4v) is 3.51. The molecule has 0 heterocycles. The minimum absolute atomic E-state index is 0.0616. The molecule has 1 amide bonds. The third-order valence-electron chi connectivity index (χ3n) is 3.97. The molecule has 0 saturated carbocycles. The van der Waals surface area contributed by atoms with Crippen LogP contribution in [0, 0.1) is 13.8 Å². The monoisotopic (exact) mass is 327 g/mol. The Labute approximate surface area is 143 Å². The van der Waals surface area contributed by atoms with Crippen molar-refractivity contribution in [3.8, 4) is 0 Å². The summed E-state index contributed by atoms with van der Waals surface area (Å²) in [6, 6.07) is 12.6. The zero-order valence-electron chi connectivity index (χ0n) is 14.4. The summed E-state index contributed by atoms with van der Waals surface area (Å²) in [6.07, 6.45) is 1.85. The number of carbonyl (C=O) groups excluding carboxylic acids is 1. The highest BCUT2D eigenvalue weighted by atomic mass is 32.2. The lowest BCUT2D eigenvalue weighted by atomic mass is 10.0. The van der Waals surface area contributed by atoms with Crippen molar-refractivity contribution >= 4 is 23.4 Å². The minimum atomic E-state index is 0.0616. The summed E-state index contributed by atoms with van der Waals surface area (Å²) in [4.78, 5) is 13.6. The summed E-state index contributed by atoms with van der Waals surface area (Å²) < 4.78 is 0. The molecule has 3 heteroatoms. The van der Waals surface area contributed by atoms with Crippen LogP contribution in [0.5, 0.6) is 0 Å². The predicted molar refractivity (Wildman–Crippen MR) is 100 cm³/mol. The van der Waals surface area contributed by atoms with Gasteiger partial charge in [-0.05, 0) is 49.4 Å². The van der Waals surface area contributed by atoms with Gasteiger partial charge in [0, 0.05) is 10.6 Å². The molecule has 2 aromatic carbocycles. The first kappa shape index (κ1) is 17.6. The highest BCUT2D eigenvalue weighted by Gasteiger charge is 2.11. The normalized spacial score (nSPS) is 10.6. The van der Waals surface area contributed by atoms with Gasteiger partial charge in [0.05, 0.1) is 5.75 Å². The summed E-state index contributed by atoms with van der Waals surface area (Å²) in [5, 5.41) is 3.13. The lowest BCUT2D eigenvalue weighted by Crippen LogP contribution is -2.16. The molecule has 0 fully saturated rings. The maximum Gasteiger partial charge on any atom is 0.234 e. The van der Waals surface area contributed by atoms with E-state index in [1.54, 1.807) is 11.8 Å². The maximum absolute atomic E-state index is 12.4. The third-order valence-corrected chi connectivity index (χ3v) is 5.12. The quantitative estimate of drug-likeness (QED) is 0.743. The molecule has 2 nitrogen and oxygen atoms in total. The van der Waals surface area contributed by atoms with Crippen molar-refractivity contribution in [3.63, 3.8) is 0 Å². The van der Waals surface area contributed by atoms with Crippen molar-refractivity contribution < 1.29 is 4.79 Å². The number of amides is 1. The van der Waals surface area contributed by atoms with E-state index in [0.29, 0.717) is 5.75 Å². The lowest BCUT2D eigenvalue weighted by molar-refractivity contribution is -0.113. The topological polar surface area (TPSA) is 29.1 Å². The average molecular weight is 327 g/mol. The second kappa shape index (κ2) is 8.21. The number of hydrogen-bond acceptors (Lipinski definition) is 2. The molecule has 122 valence electrons. The van der Waals surface area contributed by atoms with Crippen LogP contribution in [0.2, 0.25) is 0 Å². The van der Waals surface area contributed by atoms with E-state index in [1.165, 1.54) is 27.1 Å². The van der Waals surface area contributed by atoms with Gasteiger partial charge >= 0.3 is 0 Å². The van der Waals surface area contributed by atoms with Crippen molar-refractivity contribution in [1.29, 1.82) is 0 Å². The molecule has 1 N–H and O–H groups in total. The van der Waals surface area contributed by atoms with E-state index in [1.807, 2.05) is 0 Å². The zero-order chi connectivity index (χ0) is 16.8. The van der Waals surface area contributed by atoms with Crippen LogP contribution in [0.4, 0.5) is 5.69 Å². The van der Waals surface area contributed by atoms with E-state index in [0.717, 1.165) is 18.5 Å². The fraction of sp³-hybridized carbons (Fsp3) is 0.350. The van der Waals surface area contributed by atoms with Crippen molar-refractivity contribution in [2.24, 2.45) is 0 Å². The van der Waals surface area contributed by atoms with E-state index >= 15 is 0 Å². The van der Waals surface area contributed by atoms with Crippen LogP contribution < -0.4 is 5.32 Å². The molecule has 0 atom stereocenters. The molecule has 0 aliphatic carbocycles. The second-order valence-electron chi connectivity index (χ2n) is 5.76. The average Bonchev–Trinajstić information content (AvgIpc) is 2.55. The number of rotatable bonds is 6. The summed E-state index contributed by atoms with van der Waals surface area (Å²) >= 11 is 1.60. The van der Waals surface area contributed by atoms with Crippen LogP contribution >= 0.6 is 11.8 Å². The molecule has 0 unspecified atom stereocenters. The number of anilines is 1. The number of nitrogens with one attached hydrogen (secondary N) is 1. The molecule has 0 aliphatic rings. The first-order valence-corrected chi connectivity index (χ1v) is 9.14. The number of aryl methyl sites for hydroxylation is 4. The van der Waals surface area contributed by atoms with Gasteiger partial charge in [0.1, 0.15) is 0 Å². The molecular formula is C20H25NOS. The molecule has 0 bridgehead atoms. The third kappa shape index (κ3) is 4.61. The zero-order valence-corrected chi connectivity index (χ0v) is 15.2. The van der Waals surface area contributed by atoms with E-state index in [-0.39, 0.29) is 5.91 Å². The Balaban J connectivity index is 2.07. The van der Waals surface area contributed by atoms with Gasteiger partial charge in [-0.3, -0.25) is 4.79 Å². The largest absolute Gasteiger partial charge is 0.325 e. The molecule has 2 aromatic rings.